The number of rotatable bonds is 1. The van der Waals surface area contributed by atoms with Crippen molar-refractivity contribution in [1.82, 2.24) is 0 Å². The van der Waals surface area contributed by atoms with Gasteiger partial charge >= 0.3 is 0 Å². The van der Waals surface area contributed by atoms with Crippen molar-refractivity contribution >= 4 is 11.6 Å². The lowest BCUT2D eigenvalue weighted by Crippen LogP contribution is -2.46. The molecule has 2 aliphatic carbocycles. The van der Waals surface area contributed by atoms with Gasteiger partial charge in [0, 0.05) is 11.3 Å². The standard InChI is InChI=1S/C15H25Cl/c1-10(2)12-7-9-15(4)8-5-6-11(3)13(15)14(12)16/h10,12-14H,3,5-9H2,1-2,4H3/t12-,13+,14-,15+/m0/s1. The van der Waals surface area contributed by atoms with Crippen molar-refractivity contribution < 1.29 is 0 Å². The Bertz CT molecular complexity index is 281. The number of fused-ring (bicyclic) bond motifs is 1. The van der Waals surface area contributed by atoms with Crippen molar-refractivity contribution in [2.45, 2.75) is 58.3 Å². The summed E-state index contributed by atoms with van der Waals surface area (Å²) in [6.45, 7) is 11.4. The molecule has 0 aliphatic heterocycles. The highest BCUT2D eigenvalue weighted by Crippen LogP contribution is 2.56. The Hall–Kier alpha value is 0.0300. The van der Waals surface area contributed by atoms with Crippen molar-refractivity contribution in [3.05, 3.63) is 12.2 Å². The minimum absolute atomic E-state index is 0.326. The third-order valence-corrected chi connectivity index (χ3v) is 5.64. The van der Waals surface area contributed by atoms with Crippen LogP contribution < -0.4 is 0 Å². The van der Waals surface area contributed by atoms with Crippen LogP contribution in [0, 0.1) is 23.2 Å². The van der Waals surface area contributed by atoms with E-state index in [2.05, 4.69) is 27.4 Å². The topological polar surface area (TPSA) is 0 Å². The van der Waals surface area contributed by atoms with E-state index in [4.69, 9.17) is 11.6 Å². The number of hydrogen-bond acceptors (Lipinski definition) is 0. The van der Waals surface area contributed by atoms with Gasteiger partial charge in [0.25, 0.3) is 0 Å². The molecular weight excluding hydrogens is 216 g/mol. The van der Waals surface area contributed by atoms with Gasteiger partial charge in [-0.15, -0.1) is 11.6 Å². The molecule has 0 N–H and O–H groups in total. The smallest absolute Gasteiger partial charge is 0.0437 e. The summed E-state index contributed by atoms with van der Waals surface area (Å²) in [6.07, 6.45) is 6.54. The number of allylic oxidation sites excluding steroid dienone is 1. The highest BCUT2D eigenvalue weighted by atomic mass is 35.5. The monoisotopic (exact) mass is 240 g/mol. The van der Waals surface area contributed by atoms with E-state index in [-0.39, 0.29) is 0 Å². The summed E-state index contributed by atoms with van der Waals surface area (Å²) in [6, 6.07) is 0. The molecule has 92 valence electrons. The first-order valence-corrected chi connectivity index (χ1v) is 7.21. The Morgan fingerprint density at radius 1 is 1.38 bits per heavy atom. The highest BCUT2D eigenvalue weighted by molar-refractivity contribution is 6.21. The molecule has 0 aromatic carbocycles. The average molecular weight is 241 g/mol. The summed E-state index contributed by atoms with van der Waals surface area (Å²) in [5.74, 6) is 1.97. The van der Waals surface area contributed by atoms with Gasteiger partial charge in [-0.05, 0) is 49.4 Å². The third kappa shape index (κ3) is 1.94. The maximum absolute atomic E-state index is 6.77. The van der Waals surface area contributed by atoms with Gasteiger partial charge in [0.1, 0.15) is 0 Å². The second-order valence-electron chi connectivity index (χ2n) is 6.53. The Morgan fingerprint density at radius 3 is 2.69 bits per heavy atom. The largest absolute Gasteiger partial charge is 0.122 e. The van der Waals surface area contributed by atoms with Gasteiger partial charge in [-0.3, -0.25) is 0 Å². The summed E-state index contributed by atoms with van der Waals surface area (Å²) in [5, 5.41) is 0.326. The molecule has 0 unspecified atom stereocenters. The summed E-state index contributed by atoms with van der Waals surface area (Å²) in [7, 11) is 0. The van der Waals surface area contributed by atoms with E-state index in [1.165, 1.54) is 37.7 Å². The van der Waals surface area contributed by atoms with Crippen LogP contribution in [0.5, 0.6) is 0 Å². The lowest BCUT2D eigenvalue weighted by atomic mass is 9.55. The highest BCUT2D eigenvalue weighted by Gasteiger charge is 2.48. The zero-order valence-corrected chi connectivity index (χ0v) is 11.7. The van der Waals surface area contributed by atoms with Gasteiger partial charge in [-0.25, -0.2) is 0 Å². The van der Waals surface area contributed by atoms with E-state index in [1.54, 1.807) is 0 Å². The van der Waals surface area contributed by atoms with Crippen LogP contribution >= 0.6 is 11.6 Å². The van der Waals surface area contributed by atoms with Gasteiger partial charge < -0.3 is 0 Å². The molecule has 0 radical (unpaired) electrons. The average Bonchev–Trinajstić information content (AvgIpc) is 2.16. The third-order valence-electron chi connectivity index (χ3n) is 5.07. The minimum atomic E-state index is 0.326. The zero-order chi connectivity index (χ0) is 11.9. The molecule has 0 aromatic rings. The zero-order valence-electron chi connectivity index (χ0n) is 10.9. The van der Waals surface area contributed by atoms with Crippen molar-refractivity contribution in [2.75, 3.05) is 0 Å². The lowest BCUT2D eigenvalue weighted by Gasteiger charge is -2.52. The SMILES string of the molecule is C=C1CCC[C@]2(C)CC[C@@H](C(C)C)[C@H](Cl)[C@@H]12. The first-order valence-electron chi connectivity index (χ1n) is 6.77. The van der Waals surface area contributed by atoms with E-state index in [1.807, 2.05) is 0 Å². The molecule has 0 heterocycles. The predicted octanol–water partition coefficient (Wildman–Crippen LogP) is 5.02. The predicted molar refractivity (Wildman–Crippen MR) is 71.8 cm³/mol. The van der Waals surface area contributed by atoms with Crippen molar-refractivity contribution in [3.63, 3.8) is 0 Å². The maximum atomic E-state index is 6.77. The van der Waals surface area contributed by atoms with Crippen LogP contribution in [-0.4, -0.2) is 5.38 Å². The van der Waals surface area contributed by atoms with Crippen LogP contribution in [0.4, 0.5) is 0 Å². The molecular formula is C15H25Cl. The number of alkyl halides is 1. The van der Waals surface area contributed by atoms with E-state index < -0.39 is 0 Å². The van der Waals surface area contributed by atoms with Gasteiger partial charge in [-0.2, -0.15) is 0 Å². The quantitative estimate of drug-likeness (QED) is 0.446. The number of halogens is 1. The molecule has 0 aromatic heterocycles. The first-order chi connectivity index (χ1) is 7.46. The van der Waals surface area contributed by atoms with E-state index >= 15 is 0 Å². The summed E-state index contributed by atoms with van der Waals surface area (Å²) >= 11 is 6.77. The van der Waals surface area contributed by atoms with Gasteiger partial charge in [-0.1, -0.05) is 32.9 Å². The van der Waals surface area contributed by atoms with Crippen LogP contribution in [0.25, 0.3) is 0 Å². The summed E-state index contributed by atoms with van der Waals surface area (Å²) < 4.78 is 0. The van der Waals surface area contributed by atoms with Crippen LogP contribution in [0.3, 0.4) is 0 Å². The molecule has 0 saturated heterocycles. The van der Waals surface area contributed by atoms with Gasteiger partial charge in [0.15, 0.2) is 0 Å². The van der Waals surface area contributed by atoms with Crippen molar-refractivity contribution in [2.24, 2.45) is 23.2 Å². The summed E-state index contributed by atoms with van der Waals surface area (Å²) in [5.41, 5.74) is 1.88. The van der Waals surface area contributed by atoms with Crippen molar-refractivity contribution in [1.29, 1.82) is 0 Å². The normalized spacial score (nSPS) is 44.6. The van der Waals surface area contributed by atoms with Crippen LogP contribution in [0.15, 0.2) is 12.2 Å². The van der Waals surface area contributed by atoms with Crippen LogP contribution in [-0.2, 0) is 0 Å². The van der Waals surface area contributed by atoms with Crippen LogP contribution in [0.1, 0.15) is 52.9 Å². The fourth-order valence-corrected chi connectivity index (χ4v) is 4.92. The first kappa shape index (κ1) is 12.5. The minimum Gasteiger partial charge on any atom is -0.122 e. The molecule has 2 fully saturated rings. The van der Waals surface area contributed by atoms with Crippen LogP contribution in [0.2, 0.25) is 0 Å². The maximum Gasteiger partial charge on any atom is 0.0437 e. The molecule has 0 amide bonds. The van der Waals surface area contributed by atoms with E-state index in [0.717, 1.165) is 0 Å². The Balaban J connectivity index is 2.24. The molecule has 0 nitrogen and oxygen atoms in total. The molecule has 0 bridgehead atoms. The summed E-state index contributed by atoms with van der Waals surface area (Å²) in [4.78, 5) is 0. The van der Waals surface area contributed by atoms with Gasteiger partial charge in [0.05, 0.1) is 0 Å². The Kier molecular flexibility index (Phi) is 3.41. The fourth-order valence-electron chi connectivity index (χ4n) is 4.02. The second kappa shape index (κ2) is 4.37. The fraction of sp³-hybridized carbons (Fsp3) is 0.867. The molecule has 2 saturated carbocycles. The van der Waals surface area contributed by atoms with E-state index in [0.29, 0.717) is 28.5 Å². The van der Waals surface area contributed by atoms with E-state index in [9.17, 15) is 0 Å². The van der Waals surface area contributed by atoms with Gasteiger partial charge in [0.2, 0.25) is 0 Å². The molecule has 1 heteroatoms. The Morgan fingerprint density at radius 2 is 2.06 bits per heavy atom. The lowest BCUT2D eigenvalue weighted by molar-refractivity contribution is 0.0630. The molecule has 2 rings (SSSR count). The second-order valence-corrected chi connectivity index (χ2v) is 7.04. The number of hydrogen-bond donors (Lipinski definition) is 0. The van der Waals surface area contributed by atoms with Crippen molar-refractivity contribution in [3.8, 4) is 0 Å². The molecule has 2 aliphatic rings. The Labute approximate surface area is 105 Å². The molecule has 4 atom stereocenters. The molecule has 0 spiro atoms. The molecule has 16 heavy (non-hydrogen) atoms.